The fraction of sp³-hybridized carbons (Fsp3) is 0.0952. The SMILES string of the molecule is Cc1ccc(C(=O)O)cc1OC(c1ccc(Cl)cc1)c1ccc(Cl)cc1Cl. The lowest BCUT2D eigenvalue weighted by Gasteiger charge is -2.23. The number of benzene rings is 3. The van der Waals surface area contributed by atoms with Crippen LogP contribution in [0, 0.1) is 6.92 Å². The highest BCUT2D eigenvalue weighted by Gasteiger charge is 2.21. The van der Waals surface area contributed by atoms with E-state index >= 15 is 0 Å². The van der Waals surface area contributed by atoms with Crippen LogP contribution < -0.4 is 4.74 Å². The Balaban J connectivity index is 2.09. The van der Waals surface area contributed by atoms with E-state index in [1.165, 1.54) is 12.1 Å². The largest absolute Gasteiger partial charge is 0.481 e. The quantitative estimate of drug-likeness (QED) is 0.491. The first-order valence-corrected chi connectivity index (χ1v) is 9.19. The van der Waals surface area contributed by atoms with Gasteiger partial charge in [0, 0.05) is 20.6 Å². The van der Waals surface area contributed by atoms with E-state index in [0.29, 0.717) is 26.4 Å². The molecule has 1 unspecified atom stereocenters. The molecule has 0 radical (unpaired) electrons. The van der Waals surface area contributed by atoms with E-state index in [1.54, 1.807) is 36.4 Å². The summed E-state index contributed by atoms with van der Waals surface area (Å²) in [5, 5.41) is 10.8. The molecule has 3 rings (SSSR count). The van der Waals surface area contributed by atoms with Crippen LogP contribution in [0.5, 0.6) is 5.75 Å². The van der Waals surface area contributed by atoms with Gasteiger partial charge in [-0.2, -0.15) is 0 Å². The molecule has 3 aromatic carbocycles. The van der Waals surface area contributed by atoms with Gasteiger partial charge in [-0.1, -0.05) is 59.1 Å². The Morgan fingerprint density at radius 1 is 0.926 bits per heavy atom. The maximum atomic E-state index is 11.3. The van der Waals surface area contributed by atoms with Crippen molar-refractivity contribution in [1.29, 1.82) is 0 Å². The average Bonchev–Trinajstić information content (AvgIpc) is 2.62. The lowest BCUT2D eigenvalue weighted by atomic mass is 10.0. The molecule has 0 saturated heterocycles. The van der Waals surface area contributed by atoms with E-state index in [9.17, 15) is 9.90 Å². The van der Waals surface area contributed by atoms with Gasteiger partial charge >= 0.3 is 5.97 Å². The monoisotopic (exact) mass is 420 g/mol. The molecule has 0 aromatic heterocycles. The van der Waals surface area contributed by atoms with E-state index in [0.717, 1.165) is 11.1 Å². The normalized spacial score (nSPS) is 11.9. The van der Waals surface area contributed by atoms with Gasteiger partial charge in [-0.25, -0.2) is 4.79 Å². The molecule has 6 heteroatoms. The number of halogens is 3. The first-order valence-electron chi connectivity index (χ1n) is 8.06. The van der Waals surface area contributed by atoms with Crippen LogP contribution in [0.4, 0.5) is 0 Å². The molecule has 0 amide bonds. The molecule has 0 heterocycles. The van der Waals surface area contributed by atoms with Gasteiger partial charge in [0.2, 0.25) is 0 Å². The maximum absolute atomic E-state index is 11.3. The molecule has 0 saturated carbocycles. The van der Waals surface area contributed by atoms with Crippen LogP contribution in [0.1, 0.15) is 33.2 Å². The van der Waals surface area contributed by atoms with Gasteiger partial charge in [0.05, 0.1) is 5.56 Å². The smallest absolute Gasteiger partial charge is 0.335 e. The van der Waals surface area contributed by atoms with E-state index in [2.05, 4.69) is 0 Å². The van der Waals surface area contributed by atoms with Crippen LogP contribution in [0.2, 0.25) is 15.1 Å². The fourth-order valence-corrected chi connectivity index (χ4v) is 3.28. The zero-order chi connectivity index (χ0) is 19.6. The first-order chi connectivity index (χ1) is 12.8. The topological polar surface area (TPSA) is 46.5 Å². The second-order valence-corrected chi connectivity index (χ2v) is 7.28. The molecule has 3 nitrogen and oxygen atoms in total. The number of carbonyl (C=O) groups is 1. The Hall–Kier alpha value is -2.20. The number of aromatic carboxylic acids is 1. The number of hydrogen-bond acceptors (Lipinski definition) is 2. The van der Waals surface area contributed by atoms with Crippen molar-refractivity contribution in [2.75, 3.05) is 0 Å². The lowest BCUT2D eigenvalue weighted by Crippen LogP contribution is -2.11. The van der Waals surface area contributed by atoms with Crippen molar-refractivity contribution in [1.82, 2.24) is 0 Å². The third-order valence-corrected chi connectivity index (χ3v) is 4.91. The Labute approximate surface area is 172 Å². The highest BCUT2D eigenvalue weighted by atomic mass is 35.5. The zero-order valence-corrected chi connectivity index (χ0v) is 16.5. The van der Waals surface area contributed by atoms with Crippen LogP contribution in [-0.2, 0) is 0 Å². The molecule has 138 valence electrons. The summed E-state index contributed by atoms with van der Waals surface area (Å²) >= 11 is 18.4. The second-order valence-electron chi connectivity index (χ2n) is 6.00. The second kappa shape index (κ2) is 8.22. The minimum absolute atomic E-state index is 0.146. The number of ether oxygens (including phenoxy) is 1. The molecule has 27 heavy (non-hydrogen) atoms. The van der Waals surface area contributed by atoms with Crippen molar-refractivity contribution in [2.24, 2.45) is 0 Å². The summed E-state index contributed by atoms with van der Waals surface area (Å²) in [6.45, 7) is 1.85. The van der Waals surface area contributed by atoms with E-state index in [-0.39, 0.29) is 5.56 Å². The van der Waals surface area contributed by atoms with Crippen molar-refractivity contribution in [3.05, 3.63) is 98.0 Å². The highest BCUT2D eigenvalue weighted by Crippen LogP contribution is 2.36. The minimum atomic E-state index is -1.02. The van der Waals surface area contributed by atoms with Crippen molar-refractivity contribution in [3.63, 3.8) is 0 Å². The molecule has 0 aliphatic rings. The first kappa shape index (κ1) is 19.6. The zero-order valence-electron chi connectivity index (χ0n) is 14.2. The summed E-state index contributed by atoms with van der Waals surface area (Å²) < 4.78 is 6.23. The van der Waals surface area contributed by atoms with Gasteiger partial charge in [-0.3, -0.25) is 0 Å². The number of aryl methyl sites for hydroxylation is 1. The van der Waals surface area contributed by atoms with Gasteiger partial charge in [-0.15, -0.1) is 0 Å². The molecular weight excluding hydrogens is 407 g/mol. The summed E-state index contributed by atoms with van der Waals surface area (Å²) in [7, 11) is 0. The number of carboxylic acids is 1. The number of carboxylic acid groups (broad SMARTS) is 1. The number of hydrogen-bond donors (Lipinski definition) is 1. The third kappa shape index (κ3) is 4.56. The minimum Gasteiger partial charge on any atom is -0.481 e. The molecule has 3 aromatic rings. The van der Waals surface area contributed by atoms with Crippen molar-refractivity contribution < 1.29 is 14.6 Å². The predicted octanol–water partition coefficient (Wildman–Crippen LogP) is 6.82. The molecule has 0 aliphatic carbocycles. The standard InChI is InChI=1S/C21H15Cl3O3/c1-12-2-3-14(21(25)26)10-19(12)27-20(13-4-6-15(22)7-5-13)17-9-8-16(23)11-18(17)24/h2-11,20H,1H3,(H,25,26). The molecule has 0 spiro atoms. The highest BCUT2D eigenvalue weighted by molar-refractivity contribution is 6.35. The van der Waals surface area contributed by atoms with E-state index in [1.807, 2.05) is 19.1 Å². The average molecular weight is 422 g/mol. The summed E-state index contributed by atoms with van der Waals surface area (Å²) in [6, 6.07) is 17.1. The molecule has 0 aliphatic heterocycles. The Bertz CT molecular complexity index is 984. The third-order valence-electron chi connectivity index (χ3n) is 4.10. The van der Waals surface area contributed by atoms with Crippen LogP contribution >= 0.6 is 34.8 Å². The van der Waals surface area contributed by atoms with E-state index < -0.39 is 12.1 Å². The molecular formula is C21H15Cl3O3. The fourth-order valence-electron chi connectivity index (χ4n) is 2.65. The Kier molecular flexibility index (Phi) is 5.95. The molecule has 1 N–H and O–H groups in total. The summed E-state index contributed by atoms with van der Waals surface area (Å²) in [4.78, 5) is 11.3. The van der Waals surface area contributed by atoms with Gasteiger partial charge in [-0.05, 0) is 54.4 Å². The van der Waals surface area contributed by atoms with Crippen molar-refractivity contribution >= 4 is 40.8 Å². The molecule has 0 fully saturated rings. The summed E-state index contributed by atoms with van der Waals surface area (Å²) in [6.07, 6.45) is -0.560. The Morgan fingerprint density at radius 2 is 1.59 bits per heavy atom. The number of rotatable bonds is 5. The summed E-state index contributed by atoms with van der Waals surface area (Å²) in [5.74, 6) is -0.562. The van der Waals surface area contributed by atoms with Crippen LogP contribution in [-0.4, -0.2) is 11.1 Å². The lowest BCUT2D eigenvalue weighted by molar-refractivity contribution is 0.0696. The van der Waals surface area contributed by atoms with Gasteiger partial charge in [0.25, 0.3) is 0 Å². The summed E-state index contributed by atoms with van der Waals surface area (Å²) in [5.41, 5.74) is 2.49. The Morgan fingerprint density at radius 3 is 2.22 bits per heavy atom. The molecule has 0 bridgehead atoms. The van der Waals surface area contributed by atoms with Crippen molar-refractivity contribution in [2.45, 2.75) is 13.0 Å². The van der Waals surface area contributed by atoms with Crippen molar-refractivity contribution in [3.8, 4) is 5.75 Å². The maximum Gasteiger partial charge on any atom is 0.335 e. The van der Waals surface area contributed by atoms with Gasteiger partial charge < -0.3 is 9.84 Å². The van der Waals surface area contributed by atoms with Gasteiger partial charge in [0.15, 0.2) is 6.10 Å². The molecule has 1 atom stereocenters. The van der Waals surface area contributed by atoms with Crippen LogP contribution in [0.15, 0.2) is 60.7 Å². The van der Waals surface area contributed by atoms with Gasteiger partial charge in [0.1, 0.15) is 5.75 Å². The predicted molar refractivity (Wildman–Crippen MR) is 109 cm³/mol. The van der Waals surface area contributed by atoms with E-state index in [4.69, 9.17) is 39.5 Å². The van der Waals surface area contributed by atoms with Crippen LogP contribution in [0.25, 0.3) is 0 Å². The van der Waals surface area contributed by atoms with Crippen LogP contribution in [0.3, 0.4) is 0 Å².